The van der Waals surface area contributed by atoms with Gasteiger partial charge in [-0.05, 0) is 46.1 Å². The SMILES string of the molecule is CNC1CCCC2CC(C)(C)OC21. The van der Waals surface area contributed by atoms with Crippen molar-refractivity contribution >= 4 is 0 Å². The Balaban J connectivity index is 2.08. The van der Waals surface area contributed by atoms with Gasteiger partial charge in [0.25, 0.3) is 0 Å². The molecule has 0 radical (unpaired) electrons. The number of hydrogen-bond donors (Lipinski definition) is 1. The van der Waals surface area contributed by atoms with Crippen LogP contribution < -0.4 is 5.32 Å². The highest BCUT2D eigenvalue weighted by atomic mass is 16.5. The van der Waals surface area contributed by atoms with Crippen molar-refractivity contribution in [3.05, 3.63) is 0 Å². The van der Waals surface area contributed by atoms with Gasteiger partial charge in [-0.15, -0.1) is 0 Å². The van der Waals surface area contributed by atoms with Crippen LogP contribution in [-0.2, 0) is 4.74 Å². The number of likely N-dealkylation sites (N-methyl/N-ethyl adjacent to an activating group) is 1. The van der Waals surface area contributed by atoms with Gasteiger partial charge in [0.1, 0.15) is 0 Å². The average molecular weight is 183 g/mol. The fraction of sp³-hybridized carbons (Fsp3) is 1.00. The summed E-state index contributed by atoms with van der Waals surface area (Å²) in [5.74, 6) is 0.807. The van der Waals surface area contributed by atoms with Gasteiger partial charge >= 0.3 is 0 Å². The number of rotatable bonds is 1. The second kappa shape index (κ2) is 3.25. The summed E-state index contributed by atoms with van der Waals surface area (Å²) in [5, 5.41) is 3.39. The highest BCUT2D eigenvalue weighted by Crippen LogP contribution is 2.42. The molecule has 1 heterocycles. The van der Waals surface area contributed by atoms with E-state index >= 15 is 0 Å². The van der Waals surface area contributed by atoms with Crippen molar-refractivity contribution in [1.82, 2.24) is 5.32 Å². The second-order valence-electron chi connectivity index (χ2n) is 5.13. The Morgan fingerprint density at radius 1 is 1.31 bits per heavy atom. The Kier molecular flexibility index (Phi) is 2.37. The topological polar surface area (TPSA) is 21.3 Å². The Bertz CT molecular complexity index is 191. The highest BCUT2D eigenvalue weighted by Gasteiger charge is 2.44. The second-order valence-corrected chi connectivity index (χ2v) is 5.13. The van der Waals surface area contributed by atoms with Crippen molar-refractivity contribution in [3.8, 4) is 0 Å². The van der Waals surface area contributed by atoms with Crippen LogP contribution in [0.25, 0.3) is 0 Å². The van der Waals surface area contributed by atoms with Gasteiger partial charge in [-0.3, -0.25) is 0 Å². The van der Waals surface area contributed by atoms with Crippen LogP contribution in [-0.4, -0.2) is 24.8 Å². The normalized spacial score (nSPS) is 43.2. The maximum atomic E-state index is 6.09. The van der Waals surface area contributed by atoms with Gasteiger partial charge in [-0.1, -0.05) is 6.42 Å². The smallest absolute Gasteiger partial charge is 0.0764 e. The molecule has 0 bridgehead atoms. The molecular formula is C11H21NO. The monoisotopic (exact) mass is 183 g/mol. The van der Waals surface area contributed by atoms with Gasteiger partial charge in [-0.2, -0.15) is 0 Å². The van der Waals surface area contributed by atoms with E-state index in [0.29, 0.717) is 12.1 Å². The van der Waals surface area contributed by atoms with Crippen LogP contribution in [0.15, 0.2) is 0 Å². The molecule has 0 amide bonds. The van der Waals surface area contributed by atoms with Crippen molar-refractivity contribution in [2.24, 2.45) is 5.92 Å². The average Bonchev–Trinajstić information content (AvgIpc) is 2.37. The zero-order chi connectivity index (χ0) is 9.47. The Labute approximate surface area is 81.0 Å². The quantitative estimate of drug-likeness (QED) is 0.671. The third kappa shape index (κ3) is 1.75. The zero-order valence-electron chi connectivity index (χ0n) is 8.97. The van der Waals surface area contributed by atoms with Gasteiger partial charge in [0.2, 0.25) is 0 Å². The first-order valence-corrected chi connectivity index (χ1v) is 5.47. The van der Waals surface area contributed by atoms with Crippen molar-refractivity contribution in [2.75, 3.05) is 7.05 Å². The molecule has 2 aliphatic rings. The zero-order valence-corrected chi connectivity index (χ0v) is 8.97. The Morgan fingerprint density at radius 2 is 2.08 bits per heavy atom. The lowest BCUT2D eigenvalue weighted by Crippen LogP contribution is -2.44. The van der Waals surface area contributed by atoms with Gasteiger partial charge in [0, 0.05) is 6.04 Å². The molecule has 3 unspecified atom stereocenters. The van der Waals surface area contributed by atoms with E-state index in [0.717, 1.165) is 5.92 Å². The summed E-state index contributed by atoms with van der Waals surface area (Å²) in [4.78, 5) is 0. The largest absolute Gasteiger partial charge is 0.370 e. The van der Waals surface area contributed by atoms with Crippen LogP contribution in [0.5, 0.6) is 0 Å². The van der Waals surface area contributed by atoms with E-state index in [4.69, 9.17) is 4.74 Å². The summed E-state index contributed by atoms with van der Waals surface area (Å²) in [7, 11) is 2.06. The van der Waals surface area contributed by atoms with Crippen LogP contribution in [0.3, 0.4) is 0 Å². The first-order chi connectivity index (χ1) is 6.12. The van der Waals surface area contributed by atoms with Crippen molar-refractivity contribution in [3.63, 3.8) is 0 Å². The van der Waals surface area contributed by atoms with Crippen LogP contribution in [0, 0.1) is 5.92 Å². The van der Waals surface area contributed by atoms with Gasteiger partial charge < -0.3 is 10.1 Å². The number of ether oxygens (including phenoxy) is 1. The molecule has 2 nitrogen and oxygen atoms in total. The molecule has 2 rings (SSSR count). The van der Waals surface area contributed by atoms with E-state index in [-0.39, 0.29) is 5.60 Å². The van der Waals surface area contributed by atoms with Crippen LogP contribution in [0.2, 0.25) is 0 Å². The lowest BCUT2D eigenvalue weighted by molar-refractivity contribution is -0.0444. The maximum Gasteiger partial charge on any atom is 0.0764 e. The third-order valence-electron chi connectivity index (χ3n) is 3.53. The number of nitrogens with one attached hydrogen (secondary N) is 1. The van der Waals surface area contributed by atoms with E-state index in [1.807, 2.05) is 0 Å². The fourth-order valence-electron chi connectivity index (χ4n) is 3.01. The van der Waals surface area contributed by atoms with E-state index in [9.17, 15) is 0 Å². The van der Waals surface area contributed by atoms with Crippen molar-refractivity contribution in [1.29, 1.82) is 0 Å². The third-order valence-corrected chi connectivity index (χ3v) is 3.53. The standard InChI is InChI=1S/C11H21NO/c1-11(2)7-8-5-4-6-9(12-3)10(8)13-11/h8-10,12H,4-7H2,1-3H3. The van der Waals surface area contributed by atoms with Crippen molar-refractivity contribution in [2.45, 2.75) is 57.3 Å². The molecule has 0 aromatic carbocycles. The van der Waals surface area contributed by atoms with Gasteiger partial charge in [-0.25, -0.2) is 0 Å². The lowest BCUT2D eigenvalue weighted by atomic mass is 9.81. The van der Waals surface area contributed by atoms with E-state index in [2.05, 4.69) is 26.2 Å². The first kappa shape index (κ1) is 9.47. The molecule has 1 aliphatic heterocycles. The van der Waals surface area contributed by atoms with Crippen molar-refractivity contribution < 1.29 is 4.74 Å². The molecule has 1 N–H and O–H groups in total. The molecule has 3 atom stereocenters. The molecule has 76 valence electrons. The van der Waals surface area contributed by atoms with Crippen LogP contribution in [0.1, 0.15) is 39.5 Å². The highest BCUT2D eigenvalue weighted by molar-refractivity contribution is 4.96. The molecule has 13 heavy (non-hydrogen) atoms. The number of fused-ring (bicyclic) bond motifs is 1. The Morgan fingerprint density at radius 3 is 2.77 bits per heavy atom. The maximum absolute atomic E-state index is 6.09. The van der Waals surface area contributed by atoms with E-state index in [1.54, 1.807) is 0 Å². The van der Waals surface area contributed by atoms with Gasteiger partial charge in [0.15, 0.2) is 0 Å². The summed E-state index contributed by atoms with van der Waals surface area (Å²) >= 11 is 0. The lowest BCUT2D eigenvalue weighted by Gasteiger charge is -2.32. The van der Waals surface area contributed by atoms with E-state index < -0.39 is 0 Å². The molecule has 0 aromatic heterocycles. The number of hydrogen-bond acceptors (Lipinski definition) is 2. The molecule has 0 spiro atoms. The molecule has 2 heteroatoms. The molecular weight excluding hydrogens is 162 g/mol. The summed E-state index contributed by atoms with van der Waals surface area (Å²) in [6.07, 6.45) is 5.75. The minimum Gasteiger partial charge on any atom is -0.370 e. The summed E-state index contributed by atoms with van der Waals surface area (Å²) < 4.78 is 6.09. The molecule has 1 saturated heterocycles. The van der Waals surface area contributed by atoms with E-state index in [1.165, 1.54) is 25.7 Å². The predicted molar refractivity (Wildman–Crippen MR) is 53.8 cm³/mol. The molecule has 1 aliphatic carbocycles. The first-order valence-electron chi connectivity index (χ1n) is 5.47. The summed E-state index contributed by atoms with van der Waals surface area (Å²) in [6, 6.07) is 0.598. The van der Waals surface area contributed by atoms with Crippen LogP contribution in [0.4, 0.5) is 0 Å². The predicted octanol–water partition coefficient (Wildman–Crippen LogP) is 1.94. The minimum atomic E-state index is 0.120. The molecule has 0 aromatic rings. The minimum absolute atomic E-state index is 0.120. The molecule has 1 saturated carbocycles. The summed E-state index contributed by atoms with van der Waals surface area (Å²) in [5.41, 5.74) is 0.120. The fourth-order valence-corrected chi connectivity index (χ4v) is 3.01. The Hall–Kier alpha value is -0.0800. The van der Waals surface area contributed by atoms with Crippen LogP contribution >= 0.6 is 0 Å². The molecule has 2 fully saturated rings. The van der Waals surface area contributed by atoms with Gasteiger partial charge in [0.05, 0.1) is 11.7 Å². The summed E-state index contributed by atoms with van der Waals surface area (Å²) in [6.45, 7) is 4.44.